The number of hydrogen-bond donors (Lipinski definition) is 3. The predicted octanol–water partition coefficient (Wildman–Crippen LogP) is 0.954. The second-order valence-corrected chi connectivity index (χ2v) is 6.15. The summed E-state index contributed by atoms with van der Waals surface area (Å²) in [6, 6.07) is 9.67. The molecular formula is C17H23ClN6O2. The van der Waals surface area contributed by atoms with Crippen LogP contribution >= 0.6 is 12.4 Å². The van der Waals surface area contributed by atoms with E-state index < -0.39 is 0 Å². The average Bonchev–Trinajstić information content (AvgIpc) is 3.33. The molecule has 26 heavy (non-hydrogen) atoms. The summed E-state index contributed by atoms with van der Waals surface area (Å²) >= 11 is 0. The summed E-state index contributed by atoms with van der Waals surface area (Å²) in [4.78, 5) is 27.7. The molecule has 0 unspecified atom stereocenters. The fourth-order valence-corrected chi connectivity index (χ4v) is 2.31. The number of carbonyl (C=O) groups is 2. The zero-order valence-corrected chi connectivity index (χ0v) is 15.2. The molecule has 2 aromatic rings. The Balaban J connectivity index is 0.00000243. The molecule has 0 atom stereocenters. The minimum absolute atomic E-state index is 0. The third kappa shape index (κ3) is 6.81. The molecule has 0 saturated heterocycles. The number of carbonyl (C=O) groups excluding carboxylic acids is 2. The monoisotopic (exact) mass is 378 g/mol. The molecule has 1 aliphatic rings. The van der Waals surface area contributed by atoms with Crippen molar-refractivity contribution in [1.82, 2.24) is 25.4 Å². The van der Waals surface area contributed by atoms with Crippen LogP contribution in [0.5, 0.6) is 0 Å². The summed E-state index contributed by atoms with van der Waals surface area (Å²) in [5, 5.41) is 12.6. The second kappa shape index (κ2) is 9.88. The Kier molecular flexibility index (Phi) is 7.55. The zero-order chi connectivity index (χ0) is 17.5. The van der Waals surface area contributed by atoms with Crippen molar-refractivity contribution >= 4 is 30.2 Å². The van der Waals surface area contributed by atoms with Crippen molar-refractivity contribution in [3.05, 3.63) is 42.2 Å². The van der Waals surface area contributed by atoms with Gasteiger partial charge in [0.1, 0.15) is 12.9 Å². The number of nitrogens with one attached hydrogen (secondary N) is 3. The minimum atomic E-state index is -0.188. The summed E-state index contributed by atoms with van der Waals surface area (Å²) in [7, 11) is 0. The van der Waals surface area contributed by atoms with E-state index in [0.717, 1.165) is 18.0 Å². The highest BCUT2D eigenvalue weighted by molar-refractivity contribution is 5.90. The smallest absolute Gasteiger partial charge is 0.248 e. The number of nitrogens with zero attached hydrogens (tertiary/aromatic N) is 3. The van der Waals surface area contributed by atoms with Gasteiger partial charge in [-0.05, 0) is 30.9 Å². The van der Waals surface area contributed by atoms with Crippen molar-refractivity contribution in [2.45, 2.75) is 25.9 Å². The van der Waals surface area contributed by atoms with Crippen LogP contribution in [-0.2, 0) is 22.7 Å². The van der Waals surface area contributed by atoms with Gasteiger partial charge in [0.05, 0.1) is 6.54 Å². The molecule has 1 heterocycles. The molecule has 0 aliphatic heterocycles. The first-order chi connectivity index (χ1) is 12.2. The zero-order valence-electron chi connectivity index (χ0n) is 14.4. The van der Waals surface area contributed by atoms with Crippen LogP contribution in [0.15, 0.2) is 36.7 Å². The quantitative estimate of drug-likeness (QED) is 0.603. The van der Waals surface area contributed by atoms with Gasteiger partial charge in [0, 0.05) is 6.54 Å². The molecule has 3 N–H and O–H groups in total. The summed E-state index contributed by atoms with van der Waals surface area (Å²) < 4.78 is 1.40. The van der Waals surface area contributed by atoms with Crippen LogP contribution in [-0.4, -0.2) is 39.7 Å². The standard InChI is InChI=1S/C17H22N6O2.ClH/c24-15(10-18-8-14-6-7-14)21-17-20-12-23(22-17)11-16(25)19-9-13-4-2-1-3-5-13;/h1-5,12,14,18H,6-11H2,(H,19,25)(H,21,22,24);1H. The number of amides is 2. The van der Waals surface area contributed by atoms with Crippen LogP contribution in [0.2, 0.25) is 0 Å². The topological polar surface area (TPSA) is 101 Å². The number of hydrogen-bond acceptors (Lipinski definition) is 5. The van der Waals surface area contributed by atoms with Crippen molar-refractivity contribution < 1.29 is 9.59 Å². The first kappa shape index (κ1) is 19.9. The molecule has 1 aliphatic carbocycles. The van der Waals surface area contributed by atoms with Crippen molar-refractivity contribution in [3.8, 4) is 0 Å². The number of aromatic nitrogens is 3. The second-order valence-electron chi connectivity index (χ2n) is 6.15. The van der Waals surface area contributed by atoms with Crippen molar-refractivity contribution in [2.75, 3.05) is 18.4 Å². The molecule has 1 aromatic heterocycles. The number of rotatable bonds is 9. The van der Waals surface area contributed by atoms with Gasteiger partial charge in [-0.25, -0.2) is 9.67 Å². The van der Waals surface area contributed by atoms with E-state index in [2.05, 4.69) is 26.0 Å². The van der Waals surface area contributed by atoms with Crippen molar-refractivity contribution in [1.29, 1.82) is 0 Å². The molecular weight excluding hydrogens is 356 g/mol. The third-order valence-corrected chi connectivity index (χ3v) is 3.84. The van der Waals surface area contributed by atoms with Gasteiger partial charge in [0.25, 0.3) is 0 Å². The van der Waals surface area contributed by atoms with Crippen LogP contribution in [0.4, 0.5) is 5.95 Å². The highest BCUT2D eigenvalue weighted by atomic mass is 35.5. The van der Waals surface area contributed by atoms with Gasteiger partial charge in [-0.2, -0.15) is 0 Å². The van der Waals surface area contributed by atoms with E-state index in [1.165, 1.54) is 23.9 Å². The largest absolute Gasteiger partial charge is 0.350 e. The Morgan fingerprint density at radius 3 is 2.65 bits per heavy atom. The van der Waals surface area contributed by atoms with Gasteiger partial charge in [-0.1, -0.05) is 30.3 Å². The fraction of sp³-hybridized carbons (Fsp3) is 0.412. The average molecular weight is 379 g/mol. The Bertz CT molecular complexity index is 717. The number of anilines is 1. The van der Waals surface area contributed by atoms with Crippen LogP contribution in [0.1, 0.15) is 18.4 Å². The maximum Gasteiger partial charge on any atom is 0.248 e. The highest BCUT2D eigenvalue weighted by Crippen LogP contribution is 2.27. The maximum atomic E-state index is 11.9. The number of benzene rings is 1. The lowest BCUT2D eigenvalue weighted by Crippen LogP contribution is -2.30. The van der Waals surface area contributed by atoms with E-state index >= 15 is 0 Å². The predicted molar refractivity (Wildman–Crippen MR) is 99.8 cm³/mol. The number of halogens is 1. The van der Waals surface area contributed by atoms with Gasteiger partial charge >= 0.3 is 0 Å². The molecule has 1 fully saturated rings. The Morgan fingerprint density at radius 1 is 1.15 bits per heavy atom. The van der Waals surface area contributed by atoms with Gasteiger partial charge < -0.3 is 10.6 Å². The summed E-state index contributed by atoms with van der Waals surface area (Å²) in [5.41, 5.74) is 1.03. The van der Waals surface area contributed by atoms with Gasteiger partial charge in [0.15, 0.2) is 0 Å². The lowest BCUT2D eigenvalue weighted by molar-refractivity contribution is -0.122. The van der Waals surface area contributed by atoms with E-state index in [4.69, 9.17) is 0 Å². The Labute approximate surface area is 158 Å². The van der Waals surface area contributed by atoms with E-state index in [0.29, 0.717) is 6.54 Å². The molecule has 140 valence electrons. The van der Waals surface area contributed by atoms with Crippen LogP contribution in [0.25, 0.3) is 0 Å². The summed E-state index contributed by atoms with van der Waals surface area (Å²) in [6.45, 7) is 1.62. The third-order valence-electron chi connectivity index (χ3n) is 3.84. The normalized spacial score (nSPS) is 12.9. The summed E-state index contributed by atoms with van der Waals surface area (Å²) in [5.74, 6) is 0.568. The van der Waals surface area contributed by atoms with Gasteiger partial charge in [-0.3, -0.25) is 14.9 Å². The summed E-state index contributed by atoms with van der Waals surface area (Å²) in [6.07, 6.45) is 3.91. The van der Waals surface area contributed by atoms with E-state index in [1.807, 2.05) is 30.3 Å². The SMILES string of the molecule is Cl.O=C(Cn1cnc(NC(=O)CNCC2CC2)n1)NCc1ccccc1. The Morgan fingerprint density at radius 2 is 1.92 bits per heavy atom. The van der Waals surface area contributed by atoms with Crippen molar-refractivity contribution in [2.24, 2.45) is 5.92 Å². The molecule has 2 amide bonds. The van der Waals surface area contributed by atoms with Gasteiger partial charge in [0.2, 0.25) is 17.8 Å². The molecule has 1 aromatic carbocycles. The van der Waals surface area contributed by atoms with Crippen molar-refractivity contribution in [3.63, 3.8) is 0 Å². The molecule has 3 rings (SSSR count). The molecule has 0 radical (unpaired) electrons. The van der Waals surface area contributed by atoms with Gasteiger partial charge in [-0.15, -0.1) is 17.5 Å². The highest BCUT2D eigenvalue weighted by Gasteiger charge is 2.20. The van der Waals surface area contributed by atoms with Crippen LogP contribution < -0.4 is 16.0 Å². The molecule has 9 heteroatoms. The van der Waals surface area contributed by atoms with E-state index in [1.54, 1.807) is 0 Å². The first-order valence-corrected chi connectivity index (χ1v) is 8.39. The molecule has 0 bridgehead atoms. The maximum absolute atomic E-state index is 11.9. The lowest BCUT2D eigenvalue weighted by atomic mass is 10.2. The molecule has 1 saturated carbocycles. The van der Waals surface area contributed by atoms with Crippen LogP contribution in [0.3, 0.4) is 0 Å². The first-order valence-electron chi connectivity index (χ1n) is 8.39. The lowest BCUT2D eigenvalue weighted by Gasteiger charge is -2.05. The molecule has 0 spiro atoms. The molecule has 8 nitrogen and oxygen atoms in total. The minimum Gasteiger partial charge on any atom is -0.350 e. The van der Waals surface area contributed by atoms with Crippen LogP contribution in [0, 0.1) is 5.92 Å². The van der Waals surface area contributed by atoms with E-state index in [-0.39, 0.29) is 43.3 Å². The fourth-order valence-electron chi connectivity index (χ4n) is 2.31. The Hall–Kier alpha value is -2.45. The van der Waals surface area contributed by atoms with E-state index in [9.17, 15) is 9.59 Å².